The lowest BCUT2D eigenvalue weighted by molar-refractivity contribution is 0.0820. The zero-order chi connectivity index (χ0) is 11.4. The Hall–Kier alpha value is -1.13. The first-order valence-corrected chi connectivity index (χ1v) is 5.72. The normalized spacial score (nSPS) is 21.9. The molecule has 1 aromatic rings. The Kier molecular flexibility index (Phi) is 3.74. The summed E-state index contributed by atoms with van der Waals surface area (Å²) >= 11 is 0. The van der Waals surface area contributed by atoms with Crippen LogP contribution < -0.4 is 4.90 Å². The van der Waals surface area contributed by atoms with Gasteiger partial charge in [0.25, 0.3) is 0 Å². The number of ether oxygens (including phenoxy) is 1. The van der Waals surface area contributed by atoms with E-state index in [1.807, 2.05) is 12.1 Å². The smallest absolute Gasteiger partial charge is 0.134 e. The molecule has 0 bridgehead atoms. The van der Waals surface area contributed by atoms with Crippen molar-refractivity contribution in [2.45, 2.75) is 26.1 Å². The largest absolute Gasteiger partial charge is 0.392 e. The van der Waals surface area contributed by atoms with E-state index in [9.17, 15) is 5.11 Å². The lowest BCUT2D eigenvalue weighted by Crippen LogP contribution is -2.31. The SMILES string of the molecule is CC1CN(c2ncccc2CO)CCCO1. The summed E-state index contributed by atoms with van der Waals surface area (Å²) in [4.78, 5) is 6.56. The highest BCUT2D eigenvalue weighted by Crippen LogP contribution is 2.19. The predicted octanol–water partition coefficient (Wildman–Crippen LogP) is 1.19. The van der Waals surface area contributed by atoms with Crippen LogP contribution in [0.1, 0.15) is 18.9 Å². The number of anilines is 1. The van der Waals surface area contributed by atoms with E-state index in [1.165, 1.54) is 0 Å². The van der Waals surface area contributed by atoms with Crippen LogP contribution in [0.4, 0.5) is 5.82 Å². The molecule has 1 aliphatic heterocycles. The second-order valence-corrected chi connectivity index (χ2v) is 4.13. The first-order valence-electron chi connectivity index (χ1n) is 5.72. The van der Waals surface area contributed by atoms with Crippen LogP contribution in [0, 0.1) is 0 Å². The van der Waals surface area contributed by atoms with Crippen LogP contribution in [-0.4, -0.2) is 35.9 Å². The topological polar surface area (TPSA) is 45.6 Å². The second-order valence-electron chi connectivity index (χ2n) is 4.13. The van der Waals surface area contributed by atoms with Crippen LogP contribution in [0.2, 0.25) is 0 Å². The van der Waals surface area contributed by atoms with Gasteiger partial charge < -0.3 is 14.7 Å². The standard InChI is InChI=1S/C12H18N2O2/c1-10-8-14(6-3-7-16-10)12-11(9-15)4-2-5-13-12/h2,4-5,10,15H,3,6-9H2,1H3. The van der Waals surface area contributed by atoms with Gasteiger partial charge in [0, 0.05) is 31.5 Å². The van der Waals surface area contributed by atoms with E-state index in [0.29, 0.717) is 0 Å². The Morgan fingerprint density at radius 3 is 3.31 bits per heavy atom. The van der Waals surface area contributed by atoms with Gasteiger partial charge in [-0.25, -0.2) is 4.98 Å². The molecule has 1 fully saturated rings. The Balaban J connectivity index is 2.20. The Morgan fingerprint density at radius 2 is 2.50 bits per heavy atom. The van der Waals surface area contributed by atoms with E-state index in [-0.39, 0.29) is 12.7 Å². The molecule has 2 rings (SSSR count). The summed E-state index contributed by atoms with van der Waals surface area (Å²) in [5.74, 6) is 0.891. The first-order chi connectivity index (χ1) is 7.81. The number of hydrogen-bond donors (Lipinski definition) is 1. The van der Waals surface area contributed by atoms with Gasteiger partial charge in [-0.2, -0.15) is 0 Å². The van der Waals surface area contributed by atoms with Crippen LogP contribution in [0.3, 0.4) is 0 Å². The van der Waals surface area contributed by atoms with Crippen molar-refractivity contribution in [2.75, 3.05) is 24.6 Å². The van der Waals surface area contributed by atoms with Crippen molar-refractivity contribution >= 4 is 5.82 Å². The second kappa shape index (κ2) is 5.27. The van der Waals surface area contributed by atoms with Crippen molar-refractivity contribution < 1.29 is 9.84 Å². The van der Waals surface area contributed by atoms with Crippen LogP contribution >= 0.6 is 0 Å². The molecule has 0 amide bonds. The molecule has 0 saturated carbocycles. The average Bonchev–Trinajstić information content (AvgIpc) is 2.54. The molecule has 4 heteroatoms. The van der Waals surface area contributed by atoms with E-state index in [0.717, 1.165) is 37.5 Å². The number of aliphatic hydroxyl groups excluding tert-OH is 1. The van der Waals surface area contributed by atoms with Gasteiger partial charge in [0.1, 0.15) is 5.82 Å². The van der Waals surface area contributed by atoms with E-state index in [4.69, 9.17) is 4.74 Å². The Labute approximate surface area is 95.9 Å². The highest BCUT2D eigenvalue weighted by molar-refractivity contribution is 5.46. The molecule has 2 heterocycles. The molecule has 88 valence electrons. The lowest BCUT2D eigenvalue weighted by Gasteiger charge is -2.24. The summed E-state index contributed by atoms with van der Waals surface area (Å²) in [5.41, 5.74) is 0.886. The van der Waals surface area contributed by atoms with Crippen LogP contribution in [0.15, 0.2) is 18.3 Å². The number of aliphatic hydroxyl groups is 1. The van der Waals surface area contributed by atoms with E-state index in [2.05, 4.69) is 16.8 Å². The third kappa shape index (κ3) is 2.51. The van der Waals surface area contributed by atoms with Gasteiger partial charge >= 0.3 is 0 Å². The molecule has 1 saturated heterocycles. The van der Waals surface area contributed by atoms with Crippen molar-refractivity contribution in [3.8, 4) is 0 Å². The molecular weight excluding hydrogens is 204 g/mol. The zero-order valence-electron chi connectivity index (χ0n) is 9.59. The van der Waals surface area contributed by atoms with Crippen molar-refractivity contribution in [1.29, 1.82) is 0 Å². The number of aromatic nitrogens is 1. The molecule has 1 aromatic heterocycles. The molecule has 0 radical (unpaired) electrons. The van der Waals surface area contributed by atoms with Gasteiger partial charge in [0.2, 0.25) is 0 Å². The molecule has 1 N–H and O–H groups in total. The van der Waals surface area contributed by atoms with Crippen LogP contribution in [0.5, 0.6) is 0 Å². The van der Waals surface area contributed by atoms with Crippen molar-refractivity contribution in [1.82, 2.24) is 4.98 Å². The van der Waals surface area contributed by atoms with Crippen LogP contribution in [-0.2, 0) is 11.3 Å². The van der Waals surface area contributed by atoms with Crippen molar-refractivity contribution in [3.05, 3.63) is 23.9 Å². The van der Waals surface area contributed by atoms with Crippen molar-refractivity contribution in [2.24, 2.45) is 0 Å². The Bertz CT molecular complexity index is 344. The fourth-order valence-corrected chi connectivity index (χ4v) is 2.03. The fourth-order valence-electron chi connectivity index (χ4n) is 2.03. The molecule has 16 heavy (non-hydrogen) atoms. The molecule has 1 atom stereocenters. The molecule has 4 nitrogen and oxygen atoms in total. The van der Waals surface area contributed by atoms with Gasteiger partial charge in [-0.05, 0) is 19.4 Å². The third-order valence-electron chi connectivity index (χ3n) is 2.79. The monoisotopic (exact) mass is 222 g/mol. The number of pyridine rings is 1. The van der Waals surface area contributed by atoms with Gasteiger partial charge in [0.15, 0.2) is 0 Å². The molecular formula is C12H18N2O2. The lowest BCUT2D eigenvalue weighted by atomic mass is 10.2. The minimum atomic E-state index is 0.0366. The minimum Gasteiger partial charge on any atom is -0.392 e. The summed E-state index contributed by atoms with van der Waals surface area (Å²) < 4.78 is 5.60. The summed E-state index contributed by atoms with van der Waals surface area (Å²) in [6.07, 6.45) is 2.99. The third-order valence-corrected chi connectivity index (χ3v) is 2.79. The van der Waals surface area contributed by atoms with E-state index >= 15 is 0 Å². The molecule has 0 spiro atoms. The molecule has 1 aliphatic rings. The van der Waals surface area contributed by atoms with E-state index in [1.54, 1.807) is 6.20 Å². The van der Waals surface area contributed by atoms with Gasteiger partial charge in [-0.1, -0.05) is 6.07 Å². The van der Waals surface area contributed by atoms with Crippen LogP contribution in [0.25, 0.3) is 0 Å². The van der Waals surface area contributed by atoms with Crippen molar-refractivity contribution in [3.63, 3.8) is 0 Å². The fraction of sp³-hybridized carbons (Fsp3) is 0.583. The maximum Gasteiger partial charge on any atom is 0.134 e. The molecule has 1 unspecified atom stereocenters. The quantitative estimate of drug-likeness (QED) is 0.816. The van der Waals surface area contributed by atoms with E-state index < -0.39 is 0 Å². The number of nitrogens with zero attached hydrogens (tertiary/aromatic N) is 2. The summed E-state index contributed by atoms with van der Waals surface area (Å²) in [7, 11) is 0. The summed E-state index contributed by atoms with van der Waals surface area (Å²) in [6, 6.07) is 3.77. The highest BCUT2D eigenvalue weighted by atomic mass is 16.5. The maximum atomic E-state index is 9.29. The first kappa shape index (κ1) is 11.4. The average molecular weight is 222 g/mol. The maximum absolute atomic E-state index is 9.29. The number of hydrogen-bond acceptors (Lipinski definition) is 4. The van der Waals surface area contributed by atoms with Gasteiger partial charge in [-0.3, -0.25) is 0 Å². The highest BCUT2D eigenvalue weighted by Gasteiger charge is 2.18. The molecule has 0 aromatic carbocycles. The summed E-state index contributed by atoms with van der Waals surface area (Å²) in [6.45, 7) is 4.69. The Morgan fingerprint density at radius 1 is 1.62 bits per heavy atom. The molecule has 0 aliphatic carbocycles. The summed E-state index contributed by atoms with van der Waals surface area (Å²) in [5, 5.41) is 9.29. The minimum absolute atomic E-state index is 0.0366. The van der Waals surface area contributed by atoms with Gasteiger partial charge in [0.05, 0.1) is 12.7 Å². The zero-order valence-corrected chi connectivity index (χ0v) is 9.59. The van der Waals surface area contributed by atoms with Gasteiger partial charge in [-0.15, -0.1) is 0 Å². The predicted molar refractivity (Wildman–Crippen MR) is 62.4 cm³/mol. The number of rotatable bonds is 2.